The van der Waals surface area contributed by atoms with Crippen molar-refractivity contribution in [2.45, 2.75) is 38.9 Å². The van der Waals surface area contributed by atoms with Crippen molar-refractivity contribution in [2.24, 2.45) is 0 Å². The zero-order valence-electron chi connectivity index (χ0n) is 13.0. The fraction of sp³-hybridized carbons (Fsp3) is 0.625. The molecule has 0 heterocycles. The molecule has 0 bridgehead atoms. The van der Waals surface area contributed by atoms with E-state index in [9.17, 15) is 13.2 Å². The third-order valence-electron chi connectivity index (χ3n) is 3.39. The van der Waals surface area contributed by atoms with Gasteiger partial charge >= 0.3 is 6.18 Å². The van der Waals surface area contributed by atoms with E-state index >= 15 is 0 Å². The standard InChI is InChI=1S/C16H25F3N2/c1-4-10-20-15(14-7-5-13(2)6-8-14)12-21(3)11-9-16(17,18)19/h5-8,15,20H,4,9-12H2,1-3H3. The van der Waals surface area contributed by atoms with Gasteiger partial charge in [0.2, 0.25) is 0 Å². The highest BCUT2D eigenvalue weighted by atomic mass is 19.4. The van der Waals surface area contributed by atoms with Crippen LogP contribution < -0.4 is 5.32 Å². The molecule has 1 unspecified atom stereocenters. The van der Waals surface area contributed by atoms with Crippen molar-refractivity contribution in [2.75, 3.05) is 26.7 Å². The summed E-state index contributed by atoms with van der Waals surface area (Å²) >= 11 is 0. The molecule has 0 radical (unpaired) electrons. The molecular weight excluding hydrogens is 277 g/mol. The number of nitrogens with one attached hydrogen (secondary N) is 1. The van der Waals surface area contributed by atoms with Gasteiger partial charge in [0.05, 0.1) is 6.42 Å². The predicted octanol–water partition coefficient (Wildman–Crippen LogP) is 3.92. The Labute approximate surface area is 125 Å². The van der Waals surface area contributed by atoms with Crippen LogP contribution in [-0.4, -0.2) is 37.8 Å². The van der Waals surface area contributed by atoms with Gasteiger partial charge in [0.15, 0.2) is 0 Å². The fourth-order valence-electron chi connectivity index (χ4n) is 2.13. The maximum Gasteiger partial charge on any atom is 0.390 e. The van der Waals surface area contributed by atoms with E-state index in [0.29, 0.717) is 6.54 Å². The van der Waals surface area contributed by atoms with Gasteiger partial charge in [0.1, 0.15) is 0 Å². The molecule has 5 heteroatoms. The maximum atomic E-state index is 12.3. The highest BCUT2D eigenvalue weighted by Crippen LogP contribution is 2.21. The predicted molar refractivity (Wildman–Crippen MR) is 80.4 cm³/mol. The van der Waals surface area contributed by atoms with Crippen LogP contribution in [0.2, 0.25) is 0 Å². The largest absolute Gasteiger partial charge is 0.390 e. The number of aryl methyl sites for hydroxylation is 1. The first-order valence-electron chi connectivity index (χ1n) is 7.37. The van der Waals surface area contributed by atoms with E-state index in [1.807, 2.05) is 31.2 Å². The van der Waals surface area contributed by atoms with Crippen molar-refractivity contribution in [1.29, 1.82) is 0 Å². The third kappa shape index (κ3) is 7.48. The van der Waals surface area contributed by atoms with Crippen LogP contribution in [0.25, 0.3) is 0 Å². The summed E-state index contributed by atoms with van der Waals surface area (Å²) < 4.78 is 36.8. The van der Waals surface area contributed by atoms with Gasteiger partial charge < -0.3 is 10.2 Å². The number of halogens is 3. The van der Waals surface area contributed by atoms with E-state index in [4.69, 9.17) is 0 Å². The Hall–Kier alpha value is -1.07. The lowest BCUT2D eigenvalue weighted by Crippen LogP contribution is -2.35. The van der Waals surface area contributed by atoms with Crippen molar-refractivity contribution in [3.05, 3.63) is 35.4 Å². The summed E-state index contributed by atoms with van der Waals surface area (Å²) in [5.74, 6) is 0. The normalized spacial score (nSPS) is 13.7. The third-order valence-corrected chi connectivity index (χ3v) is 3.39. The Bertz CT molecular complexity index is 401. The highest BCUT2D eigenvalue weighted by molar-refractivity contribution is 5.24. The molecule has 0 fully saturated rings. The number of hydrogen-bond donors (Lipinski definition) is 1. The molecule has 0 aromatic heterocycles. The average molecular weight is 302 g/mol. The molecule has 0 aliphatic rings. The summed E-state index contributed by atoms with van der Waals surface area (Å²) in [7, 11) is 1.74. The zero-order chi connectivity index (χ0) is 15.9. The van der Waals surface area contributed by atoms with Crippen LogP contribution in [0.15, 0.2) is 24.3 Å². The van der Waals surface area contributed by atoms with Crippen LogP contribution in [0, 0.1) is 6.92 Å². The summed E-state index contributed by atoms with van der Waals surface area (Å²) in [5.41, 5.74) is 2.30. The van der Waals surface area contributed by atoms with Crippen molar-refractivity contribution >= 4 is 0 Å². The molecule has 1 atom stereocenters. The maximum absolute atomic E-state index is 12.3. The van der Waals surface area contributed by atoms with Gasteiger partial charge in [-0.3, -0.25) is 0 Å². The van der Waals surface area contributed by atoms with Crippen LogP contribution in [0.4, 0.5) is 13.2 Å². The number of likely N-dealkylation sites (N-methyl/N-ethyl adjacent to an activating group) is 1. The quantitative estimate of drug-likeness (QED) is 0.783. The minimum absolute atomic E-state index is 0.0274. The Kier molecular flexibility index (Phi) is 7.18. The number of benzene rings is 1. The molecule has 1 aromatic rings. The summed E-state index contributed by atoms with van der Waals surface area (Å²) in [6.07, 6.45) is -3.86. The first kappa shape index (κ1) is 18.0. The summed E-state index contributed by atoms with van der Waals surface area (Å²) in [4.78, 5) is 1.74. The lowest BCUT2D eigenvalue weighted by Gasteiger charge is -2.26. The Morgan fingerprint density at radius 1 is 1.19 bits per heavy atom. The van der Waals surface area contributed by atoms with E-state index in [1.165, 1.54) is 5.56 Å². The van der Waals surface area contributed by atoms with E-state index < -0.39 is 12.6 Å². The number of rotatable bonds is 8. The van der Waals surface area contributed by atoms with Gasteiger partial charge in [-0.1, -0.05) is 36.8 Å². The van der Waals surface area contributed by atoms with E-state index in [1.54, 1.807) is 11.9 Å². The number of hydrogen-bond acceptors (Lipinski definition) is 2. The Balaban J connectivity index is 2.63. The molecule has 120 valence electrons. The first-order valence-corrected chi connectivity index (χ1v) is 7.37. The molecule has 0 amide bonds. The summed E-state index contributed by atoms with van der Waals surface area (Å²) in [6.45, 7) is 5.55. The van der Waals surface area contributed by atoms with E-state index in [0.717, 1.165) is 18.5 Å². The Morgan fingerprint density at radius 2 is 1.81 bits per heavy atom. The van der Waals surface area contributed by atoms with Crippen molar-refractivity contribution < 1.29 is 13.2 Å². The second-order valence-corrected chi connectivity index (χ2v) is 5.54. The number of alkyl halides is 3. The molecular formula is C16H25F3N2. The average Bonchev–Trinajstić information content (AvgIpc) is 2.41. The minimum Gasteiger partial charge on any atom is -0.309 e. The van der Waals surface area contributed by atoms with Gasteiger partial charge in [-0.05, 0) is 32.5 Å². The molecule has 1 rings (SSSR count). The van der Waals surface area contributed by atoms with E-state index in [2.05, 4.69) is 12.2 Å². The van der Waals surface area contributed by atoms with Gasteiger partial charge in [-0.25, -0.2) is 0 Å². The first-order chi connectivity index (χ1) is 9.81. The smallest absolute Gasteiger partial charge is 0.309 e. The van der Waals surface area contributed by atoms with Crippen LogP contribution >= 0.6 is 0 Å². The topological polar surface area (TPSA) is 15.3 Å². The monoisotopic (exact) mass is 302 g/mol. The van der Waals surface area contributed by atoms with Crippen LogP contribution in [0.5, 0.6) is 0 Å². The van der Waals surface area contributed by atoms with Crippen molar-refractivity contribution in [1.82, 2.24) is 10.2 Å². The van der Waals surface area contributed by atoms with E-state index in [-0.39, 0.29) is 12.6 Å². The highest BCUT2D eigenvalue weighted by Gasteiger charge is 2.27. The molecule has 1 aromatic carbocycles. The molecule has 0 saturated heterocycles. The molecule has 0 spiro atoms. The van der Waals surface area contributed by atoms with Gasteiger partial charge in [0.25, 0.3) is 0 Å². The van der Waals surface area contributed by atoms with Gasteiger partial charge in [-0.2, -0.15) is 13.2 Å². The SMILES string of the molecule is CCCNC(CN(C)CCC(F)(F)F)c1ccc(C)cc1. The van der Waals surface area contributed by atoms with Crippen molar-refractivity contribution in [3.8, 4) is 0 Å². The van der Waals surface area contributed by atoms with Gasteiger partial charge in [-0.15, -0.1) is 0 Å². The van der Waals surface area contributed by atoms with Crippen molar-refractivity contribution in [3.63, 3.8) is 0 Å². The number of nitrogens with zero attached hydrogens (tertiary/aromatic N) is 1. The summed E-state index contributed by atoms with van der Waals surface area (Å²) in [5, 5.41) is 3.41. The Morgan fingerprint density at radius 3 is 2.33 bits per heavy atom. The second-order valence-electron chi connectivity index (χ2n) is 5.54. The lowest BCUT2D eigenvalue weighted by molar-refractivity contribution is -0.137. The minimum atomic E-state index is -4.09. The molecule has 1 N–H and O–H groups in total. The van der Waals surface area contributed by atoms with Crippen LogP contribution in [-0.2, 0) is 0 Å². The zero-order valence-corrected chi connectivity index (χ0v) is 13.0. The fourth-order valence-corrected chi connectivity index (χ4v) is 2.13. The lowest BCUT2D eigenvalue weighted by atomic mass is 10.0. The van der Waals surface area contributed by atoms with Gasteiger partial charge in [0, 0.05) is 19.1 Å². The summed E-state index contributed by atoms with van der Waals surface area (Å²) in [6, 6.07) is 8.21. The molecule has 21 heavy (non-hydrogen) atoms. The molecule has 0 aliphatic heterocycles. The molecule has 2 nitrogen and oxygen atoms in total. The van der Waals surface area contributed by atoms with Crippen LogP contribution in [0.3, 0.4) is 0 Å². The molecule has 0 aliphatic carbocycles. The molecule has 0 saturated carbocycles. The second kappa shape index (κ2) is 8.39. The van der Waals surface area contributed by atoms with Crippen LogP contribution in [0.1, 0.15) is 36.9 Å².